The average Bonchev–Trinajstić information content (AvgIpc) is 2.20. The lowest BCUT2D eigenvalue weighted by atomic mass is 10.2. The van der Waals surface area contributed by atoms with Gasteiger partial charge in [0.25, 0.3) is 0 Å². The third-order valence-corrected chi connectivity index (χ3v) is 2.61. The maximum Gasteiger partial charge on any atom is 0.233 e. The van der Waals surface area contributed by atoms with Crippen LogP contribution in [0.15, 0.2) is 28.7 Å². The molecule has 0 bridgehead atoms. The van der Waals surface area contributed by atoms with E-state index in [4.69, 9.17) is 0 Å². The maximum absolute atomic E-state index is 10.9. The Morgan fingerprint density at radius 3 is 2.79 bits per heavy atom. The van der Waals surface area contributed by atoms with Crippen LogP contribution in [0.5, 0.6) is 0 Å². The lowest BCUT2D eigenvalue weighted by molar-refractivity contribution is -0.119. The molecule has 0 aromatic heterocycles. The number of amides is 1. The molecule has 0 atom stereocenters. The van der Waals surface area contributed by atoms with Gasteiger partial charge < -0.3 is 10.6 Å². The normalized spacial score (nSPS) is 9.86. The minimum absolute atomic E-state index is 0.00273. The standard InChI is InChI=1S/C10H13BrN2O/c1-12-10(14)7-13-6-8-4-2-3-5-9(8)11/h2-5,13H,6-7H2,1H3,(H,12,14). The smallest absolute Gasteiger partial charge is 0.233 e. The number of rotatable bonds is 4. The van der Waals surface area contributed by atoms with Crippen molar-refractivity contribution in [3.05, 3.63) is 34.3 Å². The molecule has 1 aromatic carbocycles. The van der Waals surface area contributed by atoms with Gasteiger partial charge in [0.2, 0.25) is 5.91 Å². The summed E-state index contributed by atoms with van der Waals surface area (Å²) in [6.07, 6.45) is 0. The summed E-state index contributed by atoms with van der Waals surface area (Å²) in [6, 6.07) is 7.94. The molecule has 0 saturated heterocycles. The Labute approximate surface area is 92.0 Å². The summed E-state index contributed by atoms with van der Waals surface area (Å²) in [6.45, 7) is 1.03. The van der Waals surface area contributed by atoms with Crippen LogP contribution in [-0.2, 0) is 11.3 Å². The number of halogens is 1. The summed E-state index contributed by atoms with van der Waals surface area (Å²) < 4.78 is 1.06. The second kappa shape index (κ2) is 5.78. The first kappa shape index (κ1) is 11.2. The second-order valence-electron chi connectivity index (χ2n) is 2.87. The van der Waals surface area contributed by atoms with Gasteiger partial charge in [-0.25, -0.2) is 0 Å². The van der Waals surface area contributed by atoms with Crippen LogP contribution in [0.2, 0.25) is 0 Å². The third kappa shape index (κ3) is 3.47. The zero-order valence-electron chi connectivity index (χ0n) is 8.01. The Hall–Kier alpha value is -0.870. The van der Waals surface area contributed by atoms with E-state index in [1.165, 1.54) is 0 Å². The van der Waals surface area contributed by atoms with Crippen molar-refractivity contribution in [2.75, 3.05) is 13.6 Å². The van der Waals surface area contributed by atoms with Gasteiger partial charge in [-0.3, -0.25) is 4.79 Å². The van der Waals surface area contributed by atoms with Gasteiger partial charge in [-0.2, -0.15) is 0 Å². The van der Waals surface area contributed by atoms with Gasteiger partial charge in [0.05, 0.1) is 6.54 Å². The Morgan fingerprint density at radius 2 is 2.14 bits per heavy atom. The first-order valence-electron chi connectivity index (χ1n) is 4.38. The highest BCUT2D eigenvalue weighted by molar-refractivity contribution is 9.10. The number of nitrogens with one attached hydrogen (secondary N) is 2. The summed E-state index contributed by atoms with van der Waals surface area (Å²) >= 11 is 3.44. The largest absolute Gasteiger partial charge is 0.358 e. The van der Waals surface area contributed by atoms with Crippen LogP contribution in [0.25, 0.3) is 0 Å². The lowest BCUT2D eigenvalue weighted by Crippen LogP contribution is -2.31. The molecule has 4 heteroatoms. The summed E-state index contributed by atoms with van der Waals surface area (Å²) in [5, 5.41) is 5.60. The molecule has 0 fully saturated rings. The predicted molar refractivity (Wildman–Crippen MR) is 59.9 cm³/mol. The van der Waals surface area contributed by atoms with Crippen molar-refractivity contribution in [2.24, 2.45) is 0 Å². The second-order valence-corrected chi connectivity index (χ2v) is 3.72. The highest BCUT2D eigenvalue weighted by atomic mass is 79.9. The first-order valence-corrected chi connectivity index (χ1v) is 5.18. The Balaban J connectivity index is 2.39. The molecular formula is C10H13BrN2O. The number of carbonyl (C=O) groups excluding carboxylic acids is 1. The van der Waals surface area contributed by atoms with E-state index in [1.54, 1.807) is 7.05 Å². The molecular weight excluding hydrogens is 244 g/mol. The average molecular weight is 257 g/mol. The number of hydrogen-bond donors (Lipinski definition) is 2. The maximum atomic E-state index is 10.9. The molecule has 3 nitrogen and oxygen atoms in total. The molecule has 1 aromatic rings. The molecule has 0 spiro atoms. The fourth-order valence-corrected chi connectivity index (χ4v) is 1.47. The molecule has 0 aliphatic rings. The molecule has 0 aliphatic heterocycles. The van der Waals surface area contributed by atoms with Crippen LogP contribution in [0.3, 0.4) is 0 Å². The van der Waals surface area contributed by atoms with Gasteiger partial charge in [0.1, 0.15) is 0 Å². The molecule has 0 heterocycles. The van der Waals surface area contributed by atoms with E-state index in [-0.39, 0.29) is 5.91 Å². The molecule has 14 heavy (non-hydrogen) atoms. The molecule has 0 radical (unpaired) electrons. The monoisotopic (exact) mass is 256 g/mol. The third-order valence-electron chi connectivity index (χ3n) is 1.84. The van der Waals surface area contributed by atoms with Gasteiger partial charge in [0.15, 0.2) is 0 Å². The van der Waals surface area contributed by atoms with Crippen LogP contribution in [0.4, 0.5) is 0 Å². The van der Waals surface area contributed by atoms with Crippen molar-refractivity contribution < 1.29 is 4.79 Å². The first-order chi connectivity index (χ1) is 6.74. The fourth-order valence-electron chi connectivity index (χ4n) is 1.04. The quantitative estimate of drug-likeness (QED) is 0.853. The van der Waals surface area contributed by atoms with Crippen LogP contribution in [-0.4, -0.2) is 19.5 Å². The molecule has 0 saturated carbocycles. The van der Waals surface area contributed by atoms with E-state index in [2.05, 4.69) is 26.6 Å². The molecule has 1 rings (SSSR count). The number of carbonyl (C=O) groups is 1. The minimum Gasteiger partial charge on any atom is -0.358 e. The van der Waals surface area contributed by atoms with Gasteiger partial charge in [0, 0.05) is 18.1 Å². The van der Waals surface area contributed by atoms with Gasteiger partial charge >= 0.3 is 0 Å². The topological polar surface area (TPSA) is 41.1 Å². The predicted octanol–water partition coefficient (Wildman–Crippen LogP) is 1.28. The Bertz CT molecular complexity index is 315. The van der Waals surface area contributed by atoms with Crippen LogP contribution in [0.1, 0.15) is 5.56 Å². The van der Waals surface area contributed by atoms with Gasteiger partial charge in [-0.1, -0.05) is 34.1 Å². The van der Waals surface area contributed by atoms with Gasteiger partial charge in [-0.15, -0.1) is 0 Å². The van der Waals surface area contributed by atoms with Crippen molar-refractivity contribution in [1.29, 1.82) is 0 Å². The van der Waals surface area contributed by atoms with E-state index >= 15 is 0 Å². The van der Waals surface area contributed by atoms with Crippen molar-refractivity contribution in [1.82, 2.24) is 10.6 Å². The number of benzene rings is 1. The van der Waals surface area contributed by atoms with Crippen LogP contribution in [0, 0.1) is 0 Å². The summed E-state index contributed by atoms with van der Waals surface area (Å²) in [7, 11) is 1.63. The molecule has 2 N–H and O–H groups in total. The van der Waals surface area contributed by atoms with Crippen LogP contribution >= 0.6 is 15.9 Å². The van der Waals surface area contributed by atoms with E-state index in [1.807, 2.05) is 24.3 Å². The Morgan fingerprint density at radius 1 is 1.43 bits per heavy atom. The number of likely N-dealkylation sites (N-methyl/N-ethyl adjacent to an activating group) is 1. The van der Waals surface area contributed by atoms with Crippen molar-refractivity contribution in [3.63, 3.8) is 0 Å². The minimum atomic E-state index is -0.00273. The fraction of sp³-hybridized carbons (Fsp3) is 0.300. The highest BCUT2D eigenvalue weighted by Gasteiger charge is 1.99. The molecule has 0 aliphatic carbocycles. The Kier molecular flexibility index (Phi) is 4.62. The van der Waals surface area contributed by atoms with E-state index in [9.17, 15) is 4.79 Å². The molecule has 76 valence electrons. The summed E-state index contributed by atoms with van der Waals surface area (Å²) in [4.78, 5) is 10.9. The van der Waals surface area contributed by atoms with Crippen molar-refractivity contribution in [3.8, 4) is 0 Å². The molecule has 1 amide bonds. The van der Waals surface area contributed by atoms with E-state index < -0.39 is 0 Å². The number of hydrogen-bond acceptors (Lipinski definition) is 2. The van der Waals surface area contributed by atoms with Crippen molar-refractivity contribution >= 4 is 21.8 Å². The lowest BCUT2D eigenvalue weighted by Gasteiger charge is -2.05. The molecule has 0 unspecified atom stereocenters. The summed E-state index contributed by atoms with van der Waals surface area (Å²) in [5.41, 5.74) is 1.15. The van der Waals surface area contributed by atoms with E-state index in [0.717, 1.165) is 10.0 Å². The van der Waals surface area contributed by atoms with Gasteiger partial charge in [-0.05, 0) is 11.6 Å². The van der Waals surface area contributed by atoms with Crippen molar-refractivity contribution in [2.45, 2.75) is 6.54 Å². The zero-order valence-corrected chi connectivity index (χ0v) is 9.60. The highest BCUT2D eigenvalue weighted by Crippen LogP contribution is 2.14. The zero-order chi connectivity index (χ0) is 10.4. The van der Waals surface area contributed by atoms with E-state index in [0.29, 0.717) is 13.1 Å². The summed E-state index contributed by atoms with van der Waals surface area (Å²) in [5.74, 6) is -0.00273. The SMILES string of the molecule is CNC(=O)CNCc1ccccc1Br. The van der Waals surface area contributed by atoms with Crippen LogP contribution < -0.4 is 10.6 Å².